The maximum Gasteiger partial charge on any atom is 0.312 e. The van der Waals surface area contributed by atoms with Crippen molar-refractivity contribution < 1.29 is 24.7 Å². The fourth-order valence-electron chi connectivity index (χ4n) is 2.77. The fraction of sp³-hybridized carbons (Fsp3) is 0. The van der Waals surface area contributed by atoms with Gasteiger partial charge in [-0.05, 0) is 30.3 Å². The molecule has 10 nitrogen and oxygen atoms in total. The Balaban J connectivity index is 1.87. The molecule has 0 aliphatic heterocycles. The molecule has 0 unspecified atom stereocenters. The summed E-state index contributed by atoms with van der Waals surface area (Å²) in [6.07, 6.45) is 2.21. The summed E-state index contributed by atoms with van der Waals surface area (Å²) in [7, 11) is 0. The van der Waals surface area contributed by atoms with Gasteiger partial charge in [-0.25, -0.2) is 5.43 Å². The number of nitrogens with zero attached hydrogens (tertiary/aromatic N) is 2. The predicted octanol–water partition coefficient (Wildman–Crippen LogP) is 3.58. The van der Waals surface area contributed by atoms with Gasteiger partial charge in [-0.15, -0.1) is 0 Å². The monoisotopic (exact) mass is 480 g/mol. The van der Waals surface area contributed by atoms with Crippen molar-refractivity contribution in [3.63, 3.8) is 0 Å². The average molecular weight is 481 g/mol. The Morgan fingerprint density at radius 2 is 1.68 bits per heavy atom. The zero-order valence-corrected chi connectivity index (χ0v) is 18.1. The van der Waals surface area contributed by atoms with E-state index >= 15 is 0 Å². The first-order chi connectivity index (χ1) is 16.3. The molecule has 0 aromatic heterocycles. The molecule has 3 rings (SSSR count). The third kappa shape index (κ3) is 5.96. The summed E-state index contributed by atoms with van der Waals surface area (Å²) in [4.78, 5) is 35.5. The summed E-state index contributed by atoms with van der Waals surface area (Å²) in [5, 5.41) is 37.2. The van der Waals surface area contributed by atoms with Crippen LogP contribution in [0.1, 0.15) is 21.5 Å². The lowest BCUT2D eigenvalue weighted by Gasteiger charge is -2.10. The van der Waals surface area contributed by atoms with Crippen LogP contribution in [0.3, 0.4) is 0 Å². The van der Waals surface area contributed by atoms with Crippen molar-refractivity contribution >= 4 is 41.4 Å². The number of hydrogen-bond donors (Lipinski definition) is 4. The number of para-hydroxylation sites is 1. The van der Waals surface area contributed by atoms with Crippen molar-refractivity contribution in [3.05, 3.63) is 104 Å². The van der Waals surface area contributed by atoms with E-state index < -0.39 is 28.2 Å². The van der Waals surface area contributed by atoms with Crippen LogP contribution in [0.5, 0.6) is 11.5 Å². The van der Waals surface area contributed by atoms with Gasteiger partial charge >= 0.3 is 5.69 Å². The molecule has 0 heterocycles. The van der Waals surface area contributed by atoms with Crippen molar-refractivity contribution in [2.45, 2.75) is 0 Å². The lowest BCUT2D eigenvalue weighted by Crippen LogP contribution is -2.32. The Morgan fingerprint density at radius 1 is 1.00 bits per heavy atom. The van der Waals surface area contributed by atoms with Gasteiger partial charge in [-0.3, -0.25) is 19.7 Å². The molecule has 0 bridgehead atoms. The number of carbonyl (C=O) groups excluding carboxylic acids is 2. The minimum atomic E-state index is -0.861. The highest BCUT2D eigenvalue weighted by Crippen LogP contribution is 2.32. The van der Waals surface area contributed by atoms with Crippen LogP contribution in [0, 0.1) is 10.1 Å². The van der Waals surface area contributed by atoms with E-state index in [0.717, 1.165) is 12.3 Å². The number of hydrogen-bond acceptors (Lipinski definition) is 7. The zero-order valence-electron chi connectivity index (χ0n) is 17.3. The van der Waals surface area contributed by atoms with Gasteiger partial charge in [0.15, 0.2) is 0 Å². The molecule has 0 radical (unpaired) electrons. The molecule has 3 aromatic rings. The minimum Gasteiger partial charge on any atom is -0.507 e. The summed E-state index contributed by atoms with van der Waals surface area (Å²) in [6, 6.07) is 16.5. The second-order valence-corrected chi connectivity index (χ2v) is 7.19. The molecule has 3 aromatic carbocycles. The number of phenols is 2. The summed E-state index contributed by atoms with van der Waals surface area (Å²) < 4.78 is 0. The quantitative estimate of drug-likeness (QED) is 0.175. The van der Waals surface area contributed by atoms with Crippen molar-refractivity contribution in [2.24, 2.45) is 5.10 Å². The summed E-state index contributed by atoms with van der Waals surface area (Å²) in [6.45, 7) is 0. The summed E-state index contributed by atoms with van der Waals surface area (Å²) in [5.41, 5.74) is 1.73. The van der Waals surface area contributed by atoms with Crippen molar-refractivity contribution in [2.75, 3.05) is 0 Å². The van der Waals surface area contributed by atoms with E-state index in [1.54, 1.807) is 42.5 Å². The highest BCUT2D eigenvalue weighted by atomic mass is 35.5. The highest BCUT2D eigenvalue weighted by molar-refractivity contribution is 6.31. The predicted molar refractivity (Wildman–Crippen MR) is 125 cm³/mol. The molecule has 0 atom stereocenters. The number of nitro benzene ring substituents is 1. The fourth-order valence-corrected chi connectivity index (χ4v) is 2.99. The van der Waals surface area contributed by atoms with E-state index in [0.29, 0.717) is 0 Å². The Hall–Kier alpha value is -4.70. The number of rotatable bonds is 7. The Morgan fingerprint density at radius 3 is 2.35 bits per heavy atom. The molecule has 172 valence electrons. The van der Waals surface area contributed by atoms with E-state index in [-0.39, 0.29) is 33.2 Å². The molecule has 0 fully saturated rings. The number of halogens is 1. The molecule has 11 heteroatoms. The highest BCUT2D eigenvalue weighted by Gasteiger charge is 2.18. The van der Waals surface area contributed by atoms with Crippen molar-refractivity contribution in [3.8, 4) is 11.5 Å². The molecular formula is C23H17ClN4O6. The number of aromatic hydroxyl groups is 2. The molecule has 2 amide bonds. The van der Waals surface area contributed by atoms with Gasteiger partial charge in [0.1, 0.15) is 11.4 Å². The normalized spacial score (nSPS) is 11.3. The number of benzene rings is 3. The van der Waals surface area contributed by atoms with E-state index in [1.807, 2.05) is 0 Å². The van der Waals surface area contributed by atoms with Gasteiger partial charge in [-0.2, -0.15) is 5.10 Å². The maximum absolute atomic E-state index is 12.8. The lowest BCUT2D eigenvalue weighted by atomic mass is 10.1. The molecule has 0 aliphatic carbocycles. The third-order valence-electron chi connectivity index (χ3n) is 4.42. The van der Waals surface area contributed by atoms with E-state index in [9.17, 15) is 29.9 Å². The van der Waals surface area contributed by atoms with Gasteiger partial charge < -0.3 is 15.5 Å². The van der Waals surface area contributed by atoms with Gasteiger partial charge in [0, 0.05) is 27.8 Å². The zero-order chi connectivity index (χ0) is 24.7. The van der Waals surface area contributed by atoms with Crippen LogP contribution in [0.25, 0.3) is 6.08 Å². The molecule has 34 heavy (non-hydrogen) atoms. The van der Waals surface area contributed by atoms with Crippen LogP contribution in [0.15, 0.2) is 77.5 Å². The van der Waals surface area contributed by atoms with Gasteiger partial charge in [0.25, 0.3) is 11.8 Å². The largest absolute Gasteiger partial charge is 0.507 e. The number of carbonyl (C=O) groups is 2. The first-order valence-electron chi connectivity index (χ1n) is 9.62. The Labute approximate surface area is 198 Å². The Bertz CT molecular complexity index is 1310. The molecular weight excluding hydrogens is 464 g/mol. The van der Waals surface area contributed by atoms with Crippen LogP contribution in [0.2, 0.25) is 5.02 Å². The van der Waals surface area contributed by atoms with Crippen molar-refractivity contribution in [1.82, 2.24) is 10.7 Å². The van der Waals surface area contributed by atoms with Gasteiger partial charge in [0.2, 0.25) is 5.75 Å². The smallest absolute Gasteiger partial charge is 0.312 e. The Kier molecular flexibility index (Phi) is 7.57. The van der Waals surface area contributed by atoms with E-state index in [4.69, 9.17) is 11.6 Å². The van der Waals surface area contributed by atoms with Gasteiger partial charge in [0.05, 0.1) is 11.1 Å². The topological polar surface area (TPSA) is 154 Å². The first kappa shape index (κ1) is 24.0. The van der Waals surface area contributed by atoms with Gasteiger partial charge in [-0.1, -0.05) is 48.0 Å². The SMILES string of the molecule is O=C(N/N=C/c1cc(Cl)cc([N+](=O)[O-])c1O)/C(=C/c1ccccc1O)NC(=O)c1ccccc1. The van der Waals surface area contributed by atoms with Crippen molar-refractivity contribution in [1.29, 1.82) is 0 Å². The maximum atomic E-state index is 12.8. The first-order valence-corrected chi connectivity index (χ1v) is 10.0. The molecule has 0 aliphatic rings. The average Bonchev–Trinajstić information content (AvgIpc) is 2.82. The minimum absolute atomic E-state index is 0.0208. The molecule has 0 saturated heterocycles. The van der Waals surface area contributed by atoms with Crippen LogP contribution in [-0.2, 0) is 4.79 Å². The number of amides is 2. The van der Waals surface area contributed by atoms with E-state index in [1.165, 1.54) is 24.3 Å². The number of hydrazone groups is 1. The standard InChI is InChI=1S/C23H17ClN4O6/c24-17-10-16(21(30)19(12-17)28(33)34)13-25-27-23(32)18(11-15-8-4-5-9-20(15)29)26-22(31)14-6-2-1-3-7-14/h1-13,29-30H,(H,26,31)(H,27,32)/b18-11-,25-13+. The number of nitro groups is 1. The molecule has 0 saturated carbocycles. The number of phenolic OH excluding ortho intramolecular Hbond substituents is 2. The summed E-state index contributed by atoms with van der Waals surface area (Å²) in [5.74, 6) is -2.25. The molecule has 4 N–H and O–H groups in total. The van der Waals surface area contributed by atoms with E-state index in [2.05, 4.69) is 15.8 Å². The van der Waals surface area contributed by atoms with Crippen LogP contribution in [-0.4, -0.2) is 33.2 Å². The summed E-state index contributed by atoms with van der Waals surface area (Å²) >= 11 is 5.83. The second-order valence-electron chi connectivity index (χ2n) is 6.76. The van der Waals surface area contributed by atoms with Crippen LogP contribution in [0.4, 0.5) is 5.69 Å². The second kappa shape index (κ2) is 10.7. The lowest BCUT2D eigenvalue weighted by molar-refractivity contribution is -0.385. The van der Waals surface area contributed by atoms with Crippen LogP contribution >= 0.6 is 11.6 Å². The third-order valence-corrected chi connectivity index (χ3v) is 4.63. The molecule has 0 spiro atoms. The number of nitrogens with one attached hydrogen (secondary N) is 2. The van der Waals surface area contributed by atoms with Crippen LogP contribution < -0.4 is 10.7 Å².